The summed E-state index contributed by atoms with van der Waals surface area (Å²) in [4.78, 5) is 2.18. The number of aromatic amines is 1. The Hall–Kier alpha value is -1.92. The quantitative estimate of drug-likeness (QED) is 0.903. The summed E-state index contributed by atoms with van der Waals surface area (Å²) >= 11 is 6.16. The zero-order valence-electron chi connectivity index (χ0n) is 11.9. The van der Waals surface area contributed by atoms with Crippen molar-refractivity contribution in [2.24, 2.45) is 0 Å². The number of H-pyrrole nitrogens is 1. The van der Waals surface area contributed by atoms with Gasteiger partial charge in [-0.25, -0.2) is 0 Å². The summed E-state index contributed by atoms with van der Waals surface area (Å²) < 4.78 is 11.5. The minimum atomic E-state index is 0.143. The second-order valence-corrected chi connectivity index (χ2v) is 5.59. The van der Waals surface area contributed by atoms with E-state index in [1.54, 1.807) is 19.2 Å². The highest BCUT2D eigenvalue weighted by Crippen LogP contribution is 2.41. The first-order valence-corrected chi connectivity index (χ1v) is 6.98. The largest absolute Gasteiger partial charge is 0.493 e. The van der Waals surface area contributed by atoms with Crippen molar-refractivity contribution in [1.82, 2.24) is 15.1 Å². The third kappa shape index (κ3) is 2.77. The first kappa shape index (κ1) is 14.0. The fourth-order valence-corrected chi connectivity index (χ4v) is 2.61. The summed E-state index contributed by atoms with van der Waals surface area (Å²) in [6.07, 6.45) is 0.143. The van der Waals surface area contributed by atoms with Crippen molar-refractivity contribution in [2.75, 3.05) is 33.0 Å². The molecule has 0 saturated carbocycles. The summed E-state index contributed by atoms with van der Waals surface area (Å²) in [5.41, 5.74) is 7.21. The number of nitrogen functional groups attached to an aromatic ring is 1. The first-order chi connectivity index (χ1) is 10.1. The van der Waals surface area contributed by atoms with Crippen LogP contribution in [0.1, 0.15) is 0 Å². The highest BCUT2D eigenvalue weighted by molar-refractivity contribution is 6.31. The molecule has 112 valence electrons. The van der Waals surface area contributed by atoms with Crippen LogP contribution in [0.3, 0.4) is 0 Å². The van der Waals surface area contributed by atoms with Crippen LogP contribution in [-0.4, -0.2) is 48.4 Å². The fraction of sp³-hybridized carbons (Fsp3) is 0.357. The number of nitrogens with two attached hydrogens (primary N) is 1. The second-order valence-electron chi connectivity index (χ2n) is 5.15. The molecule has 1 aromatic heterocycles. The van der Waals surface area contributed by atoms with Gasteiger partial charge in [0.05, 0.1) is 12.8 Å². The number of nitrogens with zero attached hydrogens (tertiary/aromatic N) is 2. The Labute approximate surface area is 127 Å². The van der Waals surface area contributed by atoms with E-state index >= 15 is 0 Å². The van der Waals surface area contributed by atoms with Gasteiger partial charge < -0.3 is 15.2 Å². The summed E-state index contributed by atoms with van der Waals surface area (Å²) in [5.74, 6) is 1.67. The number of halogens is 1. The molecule has 0 radical (unpaired) electrons. The van der Waals surface area contributed by atoms with Crippen LogP contribution < -0.4 is 15.2 Å². The van der Waals surface area contributed by atoms with Gasteiger partial charge in [0.1, 0.15) is 11.9 Å². The van der Waals surface area contributed by atoms with Crippen LogP contribution in [0, 0.1) is 0 Å². The van der Waals surface area contributed by atoms with E-state index in [0.717, 1.165) is 24.3 Å². The lowest BCUT2D eigenvalue weighted by Crippen LogP contribution is -2.51. The maximum absolute atomic E-state index is 6.16. The predicted molar refractivity (Wildman–Crippen MR) is 81.9 cm³/mol. The Balaban J connectivity index is 2.01. The summed E-state index contributed by atoms with van der Waals surface area (Å²) in [6.45, 7) is 1.77. The van der Waals surface area contributed by atoms with Crippen LogP contribution in [0.25, 0.3) is 11.3 Å². The van der Waals surface area contributed by atoms with Crippen molar-refractivity contribution in [3.05, 3.63) is 23.2 Å². The van der Waals surface area contributed by atoms with E-state index in [1.165, 1.54) is 0 Å². The average molecular weight is 309 g/mol. The monoisotopic (exact) mass is 308 g/mol. The summed E-state index contributed by atoms with van der Waals surface area (Å²) in [6, 6.07) is 5.29. The Morgan fingerprint density at radius 3 is 2.71 bits per heavy atom. The molecule has 2 heterocycles. The number of rotatable bonds is 4. The van der Waals surface area contributed by atoms with Crippen molar-refractivity contribution in [1.29, 1.82) is 0 Å². The Morgan fingerprint density at radius 2 is 2.14 bits per heavy atom. The number of likely N-dealkylation sites (N-methyl/N-ethyl adjacent to an activating group) is 1. The number of hydrogen-bond donors (Lipinski definition) is 2. The zero-order chi connectivity index (χ0) is 15.0. The second kappa shape index (κ2) is 5.46. The van der Waals surface area contributed by atoms with Crippen molar-refractivity contribution in [3.63, 3.8) is 0 Å². The minimum Gasteiger partial charge on any atom is -0.493 e. The summed E-state index contributed by atoms with van der Waals surface area (Å²) in [7, 11) is 3.64. The van der Waals surface area contributed by atoms with E-state index < -0.39 is 0 Å². The number of aromatic nitrogens is 2. The third-order valence-electron chi connectivity index (χ3n) is 3.44. The molecule has 0 atom stereocenters. The standard InChI is InChI=1S/C14H17ClN4O2/c1-19-6-9(7-19)21-14-10(11-5-13(16)18-17-11)3-8(15)4-12(14)20-2/h3-5,9H,6-7H2,1-2H3,(H3,16,17,18). The number of hydrogen-bond acceptors (Lipinski definition) is 5. The number of methoxy groups -OCH3 is 1. The molecule has 0 spiro atoms. The lowest BCUT2D eigenvalue weighted by molar-refractivity contribution is 0.0374. The number of anilines is 1. The first-order valence-electron chi connectivity index (χ1n) is 6.61. The van der Waals surface area contributed by atoms with E-state index in [1.807, 2.05) is 6.07 Å². The molecule has 1 aliphatic heterocycles. The molecule has 1 fully saturated rings. The van der Waals surface area contributed by atoms with E-state index in [-0.39, 0.29) is 6.10 Å². The molecular weight excluding hydrogens is 292 g/mol. The number of benzene rings is 1. The molecule has 0 aliphatic carbocycles. The lowest BCUT2D eigenvalue weighted by atomic mass is 10.1. The van der Waals surface area contributed by atoms with E-state index in [9.17, 15) is 0 Å². The molecule has 3 rings (SSSR count). The number of ether oxygens (including phenoxy) is 2. The van der Waals surface area contributed by atoms with Gasteiger partial charge in [-0.15, -0.1) is 0 Å². The van der Waals surface area contributed by atoms with Crippen LogP contribution in [0.5, 0.6) is 11.5 Å². The van der Waals surface area contributed by atoms with Crippen LogP contribution >= 0.6 is 11.6 Å². The molecule has 2 aromatic rings. The SMILES string of the molecule is COc1cc(Cl)cc(-c2cc(N)n[nH]2)c1OC1CN(C)C1. The van der Waals surface area contributed by atoms with Gasteiger partial charge in [0.25, 0.3) is 0 Å². The number of likely N-dealkylation sites (tertiary alicyclic amines) is 1. The maximum Gasteiger partial charge on any atom is 0.171 e. The third-order valence-corrected chi connectivity index (χ3v) is 3.66. The normalized spacial score (nSPS) is 15.8. The number of nitrogens with one attached hydrogen (secondary N) is 1. The van der Waals surface area contributed by atoms with Gasteiger partial charge in [-0.3, -0.25) is 10.00 Å². The molecule has 1 saturated heterocycles. The molecule has 7 heteroatoms. The van der Waals surface area contributed by atoms with Crippen LogP contribution in [0.2, 0.25) is 5.02 Å². The smallest absolute Gasteiger partial charge is 0.171 e. The van der Waals surface area contributed by atoms with Gasteiger partial charge in [-0.05, 0) is 13.1 Å². The van der Waals surface area contributed by atoms with Gasteiger partial charge in [0.15, 0.2) is 11.5 Å². The van der Waals surface area contributed by atoms with Crippen LogP contribution in [0.15, 0.2) is 18.2 Å². The molecule has 21 heavy (non-hydrogen) atoms. The predicted octanol–water partition coefficient (Wildman–Crippen LogP) is 2.01. The molecule has 1 aliphatic rings. The molecule has 0 bridgehead atoms. The molecule has 3 N–H and O–H groups in total. The highest BCUT2D eigenvalue weighted by Gasteiger charge is 2.28. The van der Waals surface area contributed by atoms with Crippen molar-refractivity contribution in [2.45, 2.75) is 6.10 Å². The maximum atomic E-state index is 6.16. The molecule has 0 unspecified atom stereocenters. The Morgan fingerprint density at radius 1 is 1.38 bits per heavy atom. The van der Waals surface area contributed by atoms with Crippen molar-refractivity contribution in [3.8, 4) is 22.8 Å². The molecule has 1 aromatic carbocycles. The minimum absolute atomic E-state index is 0.143. The van der Waals surface area contributed by atoms with Crippen LogP contribution in [0.4, 0.5) is 5.82 Å². The summed E-state index contributed by atoms with van der Waals surface area (Å²) in [5, 5.41) is 7.39. The van der Waals surface area contributed by atoms with Crippen LogP contribution in [-0.2, 0) is 0 Å². The Bertz CT molecular complexity index is 652. The average Bonchev–Trinajstić information content (AvgIpc) is 2.84. The van der Waals surface area contributed by atoms with Gasteiger partial charge >= 0.3 is 0 Å². The fourth-order valence-electron chi connectivity index (χ4n) is 2.40. The van der Waals surface area contributed by atoms with Gasteiger partial charge in [-0.2, -0.15) is 5.10 Å². The Kier molecular flexibility index (Phi) is 3.65. The van der Waals surface area contributed by atoms with E-state index in [2.05, 4.69) is 22.1 Å². The van der Waals surface area contributed by atoms with Gasteiger partial charge in [0, 0.05) is 35.8 Å². The van der Waals surface area contributed by atoms with Gasteiger partial charge in [0.2, 0.25) is 0 Å². The highest BCUT2D eigenvalue weighted by atomic mass is 35.5. The van der Waals surface area contributed by atoms with E-state index in [0.29, 0.717) is 22.3 Å². The molecule has 0 amide bonds. The van der Waals surface area contributed by atoms with E-state index in [4.69, 9.17) is 26.8 Å². The lowest BCUT2D eigenvalue weighted by Gasteiger charge is -2.36. The molecule has 6 nitrogen and oxygen atoms in total. The topological polar surface area (TPSA) is 76.4 Å². The molecular formula is C14H17ClN4O2. The van der Waals surface area contributed by atoms with Gasteiger partial charge in [-0.1, -0.05) is 11.6 Å². The van der Waals surface area contributed by atoms with Crippen molar-refractivity contribution < 1.29 is 9.47 Å². The van der Waals surface area contributed by atoms with Crippen molar-refractivity contribution >= 4 is 17.4 Å². The zero-order valence-corrected chi connectivity index (χ0v) is 12.6.